The van der Waals surface area contributed by atoms with E-state index >= 15 is 0 Å². The van der Waals surface area contributed by atoms with Crippen LogP contribution in [0.3, 0.4) is 0 Å². The Hall–Kier alpha value is -3.58. The summed E-state index contributed by atoms with van der Waals surface area (Å²) in [6.45, 7) is 13.5. The van der Waals surface area contributed by atoms with E-state index in [0.717, 1.165) is 31.5 Å². The van der Waals surface area contributed by atoms with Crippen LogP contribution < -0.4 is 9.47 Å². The Kier molecular flexibility index (Phi) is 10.3. The highest BCUT2D eigenvalue weighted by atomic mass is 16.5. The van der Waals surface area contributed by atoms with E-state index < -0.39 is 17.7 Å². The van der Waals surface area contributed by atoms with Crippen LogP contribution in [-0.2, 0) is 9.59 Å². The van der Waals surface area contributed by atoms with Crippen molar-refractivity contribution >= 4 is 17.4 Å². The summed E-state index contributed by atoms with van der Waals surface area (Å²) in [6.07, 6.45) is 3.59. The maximum Gasteiger partial charge on any atom is 0.295 e. The molecule has 1 amide bonds. The summed E-state index contributed by atoms with van der Waals surface area (Å²) in [5, 5.41) is 11.4. The summed E-state index contributed by atoms with van der Waals surface area (Å²) >= 11 is 0. The molecule has 7 nitrogen and oxygen atoms in total. The second-order valence-corrected chi connectivity index (χ2v) is 8.92. The molecule has 1 aliphatic rings. The molecule has 198 valence electrons. The van der Waals surface area contributed by atoms with E-state index in [1.165, 1.54) is 0 Å². The van der Waals surface area contributed by atoms with E-state index in [4.69, 9.17) is 9.47 Å². The minimum atomic E-state index is -0.714. The van der Waals surface area contributed by atoms with Gasteiger partial charge in [0.2, 0.25) is 0 Å². The third-order valence-corrected chi connectivity index (χ3v) is 6.53. The summed E-state index contributed by atoms with van der Waals surface area (Å²) in [4.78, 5) is 30.3. The van der Waals surface area contributed by atoms with Crippen LogP contribution in [0, 0.1) is 0 Å². The molecule has 1 heterocycles. The molecule has 1 unspecified atom stereocenters. The van der Waals surface area contributed by atoms with Crippen molar-refractivity contribution in [3.63, 3.8) is 0 Å². The Bertz CT molecular complexity index is 1110. The number of likely N-dealkylation sites (tertiary alicyclic amines) is 1. The number of carbonyl (C=O) groups is 2. The van der Waals surface area contributed by atoms with Crippen LogP contribution >= 0.6 is 0 Å². The molecular formula is C30H38N2O5. The third kappa shape index (κ3) is 6.80. The van der Waals surface area contributed by atoms with Crippen molar-refractivity contribution < 1.29 is 24.2 Å². The van der Waals surface area contributed by atoms with Gasteiger partial charge in [-0.1, -0.05) is 64.1 Å². The van der Waals surface area contributed by atoms with E-state index in [-0.39, 0.29) is 11.3 Å². The summed E-state index contributed by atoms with van der Waals surface area (Å²) < 4.78 is 11.4. The number of ketones is 1. The number of aliphatic hydroxyl groups is 1. The number of rotatable bonds is 14. The van der Waals surface area contributed by atoms with Gasteiger partial charge in [-0.25, -0.2) is 0 Å². The third-order valence-electron chi connectivity index (χ3n) is 6.53. The Morgan fingerprint density at radius 2 is 1.78 bits per heavy atom. The van der Waals surface area contributed by atoms with Gasteiger partial charge in [-0.2, -0.15) is 0 Å². The normalized spacial score (nSPS) is 16.9. The van der Waals surface area contributed by atoms with Crippen molar-refractivity contribution in [2.75, 3.05) is 39.4 Å². The molecule has 0 saturated carbocycles. The molecule has 37 heavy (non-hydrogen) atoms. The summed E-state index contributed by atoms with van der Waals surface area (Å²) in [5.41, 5.74) is 1.24. The monoisotopic (exact) mass is 506 g/mol. The maximum atomic E-state index is 13.3. The fraction of sp³-hybridized carbons (Fsp3) is 0.400. The number of benzene rings is 2. The van der Waals surface area contributed by atoms with E-state index in [2.05, 4.69) is 32.3 Å². The molecule has 7 heteroatoms. The van der Waals surface area contributed by atoms with Crippen molar-refractivity contribution in [3.8, 4) is 11.5 Å². The summed E-state index contributed by atoms with van der Waals surface area (Å²) in [5.74, 6) is -0.247. The predicted molar refractivity (Wildman–Crippen MR) is 146 cm³/mol. The van der Waals surface area contributed by atoms with E-state index in [0.29, 0.717) is 43.4 Å². The van der Waals surface area contributed by atoms with Gasteiger partial charge >= 0.3 is 0 Å². The van der Waals surface area contributed by atoms with Crippen LogP contribution in [0.2, 0.25) is 0 Å². The topological polar surface area (TPSA) is 79.3 Å². The van der Waals surface area contributed by atoms with Gasteiger partial charge in [0, 0.05) is 18.7 Å². The molecule has 0 aromatic heterocycles. The lowest BCUT2D eigenvalue weighted by Crippen LogP contribution is -2.38. The quantitative estimate of drug-likeness (QED) is 0.125. The molecule has 1 saturated heterocycles. The number of ether oxygens (including phenoxy) is 2. The summed E-state index contributed by atoms with van der Waals surface area (Å²) in [7, 11) is 0. The number of unbranched alkanes of at least 4 members (excludes halogenated alkanes) is 1. The number of hydrogen-bond donors (Lipinski definition) is 1. The van der Waals surface area contributed by atoms with E-state index in [1.807, 2.05) is 18.2 Å². The highest BCUT2D eigenvalue weighted by molar-refractivity contribution is 6.46. The lowest BCUT2D eigenvalue weighted by molar-refractivity contribution is -0.140. The number of hydrogen-bond acceptors (Lipinski definition) is 6. The Labute approximate surface area is 220 Å². The van der Waals surface area contributed by atoms with Crippen LogP contribution in [0.5, 0.6) is 11.5 Å². The number of amides is 1. The minimum absolute atomic E-state index is 0.0787. The number of carbonyl (C=O) groups excluding carboxylic acids is 2. The van der Waals surface area contributed by atoms with E-state index in [1.54, 1.807) is 41.3 Å². The smallest absolute Gasteiger partial charge is 0.295 e. The van der Waals surface area contributed by atoms with Crippen molar-refractivity contribution in [3.05, 3.63) is 77.9 Å². The standard InChI is InChI=1S/C30H38N2O5/c1-5-9-20-37-25-12-10-11-23(21-25)28(33)26-27(22-13-15-24(16-14-22)36-19-6-2)32(30(35)29(26)34)18-17-31(7-3)8-4/h6,10-16,21,27,33H,2,5,7-9,17-20H2,1,3-4H3/b28-26+. The van der Waals surface area contributed by atoms with Crippen molar-refractivity contribution in [2.24, 2.45) is 0 Å². The first-order valence-corrected chi connectivity index (χ1v) is 13.0. The van der Waals surface area contributed by atoms with Gasteiger partial charge in [-0.3, -0.25) is 9.59 Å². The van der Waals surface area contributed by atoms with Gasteiger partial charge in [0.05, 0.1) is 18.2 Å². The molecule has 2 aromatic carbocycles. The average Bonchev–Trinajstić information content (AvgIpc) is 3.17. The molecule has 0 aliphatic carbocycles. The van der Waals surface area contributed by atoms with Crippen molar-refractivity contribution in [1.29, 1.82) is 0 Å². The van der Waals surface area contributed by atoms with Crippen LogP contribution in [0.1, 0.15) is 50.8 Å². The predicted octanol–water partition coefficient (Wildman–Crippen LogP) is 5.19. The highest BCUT2D eigenvalue weighted by Crippen LogP contribution is 2.40. The molecular weight excluding hydrogens is 468 g/mol. The van der Waals surface area contributed by atoms with Crippen LogP contribution in [-0.4, -0.2) is 66.0 Å². The van der Waals surface area contributed by atoms with Gasteiger partial charge in [-0.05, 0) is 49.3 Å². The highest BCUT2D eigenvalue weighted by Gasteiger charge is 2.46. The average molecular weight is 507 g/mol. The Balaban J connectivity index is 2.03. The first-order chi connectivity index (χ1) is 17.9. The Morgan fingerprint density at radius 3 is 2.43 bits per heavy atom. The molecule has 0 bridgehead atoms. The molecule has 2 aromatic rings. The van der Waals surface area contributed by atoms with Crippen molar-refractivity contribution in [1.82, 2.24) is 9.80 Å². The van der Waals surface area contributed by atoms with Gasteiger partial charge in [0.25, 0.3) is 11.7 Å². The number of Topliss-reactive ketones (excluding diaryl/α,β-unsaturated/α-hetero) is 1. The minimum Gasteiger partial charge on any atom is -0.507 e. The molecule has 3 rings (SSSR count). The zero-order chi connectivity index (χ0) is 26.8. The maximum absolute atomic E-state index is 13.3. The molecule has 1 atom stereocenters. The molecule has 0 radical (unpaired) electrons. The number of aliphatic hydroxyl groups excluding tert-OH is 1. The van der Waals surface area contributed by atoms with E-state index in [9.17, 15) is 14.7 Å². The molecule has 1 fully saturated rings. The Morgan fingerprint density at radius 1 is 1.05 bits per heavy atom. The molecule has 1 aliphatic heterocycles. The first-order valence-electron chi connectivity index (χ1n) is 13.0. The zero-order valence-electron chi connectivity index (χ0n) is 22.1. The number of likely N-dealkylation sites (N-methyl/N-ethyl adjacent to an activating group) is 1. The number of nitrogens with zero attached hydrogens (tertiary/aromatic N) is 2. The second-order valence-electron chi connectivity index (χ2n) is 8.92. The van der Waals surface area contributed by atoms with Crippen molar-refractivity contribution in [2.45, 2.75) is 39.7 Å². The van der Waals surface area contributed by atoms with Gasteiger partial charge < -0.3 is 24.4 Å². The van der Waals surface area contributed by atoms with Crippen LogP contribution in [0.15, 0.2) is 66.8 Å². The van der Waals surface area contributed by atoms with Gasteiger partial charge in [-0.15, -0.1) is 0 Å². The van der Waals surface area contributed by atoms with Gasteiger partial charge in [0.1, 0.15) is 23.9 Å². The summed E-state index contributed by atoms with van der Waals surface area (Å²) in [6, 6.07) is 13.5. The lowest BCUT2D eigenvalue weighted by Gasteiger charge is -2.28. The van der Waals surface area contributed by atoms with Crippen LogP contribution in [0.25, 0.3) is 5.76 Å². The SMILES string of the molecule is C=CCOc1ccc(C2/C(=C(\O)c3cccc(OCCCC)c3)C(=O)C(=O)N2CCN(CC)CC)cc1. The van der Waals surface area contributed by atoms with Crippen LogP contribution in [0.4, 0.5) is 0 Å². The second kappa shape index (κ2) is 13.7. The fourth-order valence-electron chi connectivity index (χ4n) is 4.37. The largest absolute Gasteiger partial charge is 0.507 e. The fourth-order valence-corrected chi connectivity index (χ4v) is 4.37. The first kappa shape index (κ1) is 28.0. The van der Waals surface area contributed by atoms with Gasteiger partial charge in [0.15, 0.2) is 0 Å². The molecule has 1 N–H and O–H groups in total. The zero-order valence-corrected chi connectivity index (χ0v) is 22.1. The molecule has 0 spiro atoms. The lowest BCUT2D eigenvalue weighted by atomic mass is 9.95.